The lowest BCUT2D eigenvalue weighted by Gasteiger charge is -2.34. The number of piperidine rings is 1. The summed E-state index contributed by atoms with van der Waals surface area (Å²) in [5, 5.41) is 13.5. The number of rotatable bonds is 8. The maximum absolute atomic E-state index is 12.1. The Kier molecular flexibility index (Phi) is 12.0. The first-order chi connectivity index (χ1) is 13.5. The Hall–Kier alpha value is -1.55. The van der Waals surface area contributed by atoms with Gasteiger partial charge in [-0.3, -0.25) is 9.79 Å². The molecule has 2 N–H and O–H groups in total. The molecule has 8 heteroatoms. The summed E-state index contributed by atoms with van der Waals surface area (Å²) in [4.78, 5) is 18.7. The lowest BCUT2D eigenvalue weighted by molar-refractivity contribution is -0.149. The summed E-state index contributed by atoms with van der Waals surface area (Å²) >= 11 is 0. The summed E-state index contributed by atoms with van der Waals surface area (Å²) in [6.07, 6.45) is 1.04. The molecule has 7 nitrogen and oxygen atoms in total. The molecule has 0 aromatic heterocycles. The quantitative estimate of drug-likeness (QED) is 0.238. The number of nitrogens with one attached hydrogen (secondary N) is 1. The van der Waals surface area contributed by atoms with E-state index in [1.54, 1.807) is 0 Å². The first kappa shape index (κ1) is 25.5. The smallest absolute Gasteiger partial charge is 0.310 e. The molecule has 1 saturated heterocycles. The van der Waals surface area contributed by atoms with E-state index in [0.29, 0.717) is 19.1 Å². The van der Waals surface area contributed by atoms with Crippen LogP contribution in [-0.2, 0) is 9.53 Å². The summed E-state index contributed by atoms with van der Waals surface area (Å²) < 4.78 is 10.8. The normalized spacial score (nSPS) is 17.9. The lowest BCUT2D eigenvalue weighted by atomic mass is 9.98. The van der Waals surface area contributed by atoms with Crippen LogP contribution in [0.25, 0.3) is 0 Å². The van der Waals surface area contributed by atoms with Crippen molar-refractivity contribution in [3.63, 3.8) is 0 Å². The van der Waals surface area contributed by atoms with Crippen LogP contribution in [0.1, 0.15) is 32.3 Å². The fourth-order valence-electron chi connectivity index (χ4n) is 3.19. The molecule has 0 aliphatic carbocycles. The van der Waals surface area contributed by atoms with Crippen molar-refractivity contribution in [1.82, 2.24) is 10.2 Å². The van der Waals surface area contributed by atoms with Crippen molar-refractivity contribution in [2.75, 3.05) is 39.4 Å². The molecule has 29 heavy (non-hydrogen) atoms. The van der Waals surface area contributed by atoms with E-state index >= 15 is 0 Å². The molecule has 164 valence electrons. The van der Waals surface area contributed by atoms with E-state index in [-0.39, 0.29) is 49.0 Å². The van der Waals surface area contributed by atoms with Crippen LogP contribution < -0.4 is 10.1 Å². The van der Waals surface area contributed by atoms with Crippen molar-refractivity contribution >= 4 is 35.9 Å². The number of aliphatic imine (C=N–C) groups is 1. The number of ether oxygens (including phenoxy) is 2. The van der Waals surface area contributed by atoms with Gasteiger partial charge in [0.1, 0.15) is 18.5 Å². The molecule has 0 radical (unpaired) electrons. The summed E-state index contributed by atoms with van der Waals surface area (Å²) in [6.45, 7) is 8.76. The van der Waals surface area contributed by atoms with E-state index in [2.05, 4.69) is 15.2 Å². The number of esters is 1. The monoisotopic (exact) mass is 519 g/mol. The van der Waals surface area contributed by atoms with Crippen molar-refractivity contribution in [1.29, 1.82) is 0 Å². The molecule has 2 atom stereocenters. The third-order valence-electron chi connectivity index (χ3n) is 4.56. The zero-order valence-electron chi connectivity index (χ0n) is 17.6. The highest BCUT2D eigenvalue weighted by Crippen LogP contribution is 2.18. The average molecular weight is 519 g/mol. The molecule has 2 unspecified atom stereocenters. The molecule has 2 rings (SSSR count). The number of aryl methyl sites for hydroxylation is 1. The molecule has 1 aromatic rings. The third-order valence-corrected chi connectivity index (χ3v) is 4.56. The maximum atomic E-state index is 12.1. The zero-order chi connectivity index (χ0) is 20.4. The van der Waals surface area contributed by atoms with Crippen molar-refractivity contribution < 1.29 is 19.4 Å². The van der Waals surface area contributed by atoms with Crippen molar-refractivity contribution in [2.45, 2.75) is 39.7 Å². The van der Waals surface area contributed by atoms with Gasteiger partial charge < -0.3 is 24.8 Å². The van der Waals surface area contributed by atoms with E-state index < -0.39 is 6.10 Å². The first-order valence-electron chi connectivity index (χ1n) is 10.1. The van der Waals surface area contributed by atoms with Crippen LogP contribution in [0.3, 0.4) is 0 Å². The van der Waals surface area contributed by atoms with Gasteiger partial charge in [0.25, 0.3) is 0 Å². The van der Waals surface area contributed by atoms with Crippen LogP contribution in [-0.4, -0.2) is 67.4 Å². The first-order valence-corrected chi connectivity index (χ1v) is 10.1. The second-order valence-electron chi connectivity index (χ2n) is 7.01. The Balaban J connectivity index is 0.00000420. The number of guanidine groups is 1. The van der Waals surface area contributed by atoms with E-state index in [1.165, 1.54) is 0 Å². The van der Waals surface area contributed by atoms with E-state index in [9.17, 15) is 9.90 Å². The molecule has 1 aliphatic heterocycles. The molecule has 0 saturated carbocycles. The van der Waals surface area contributed by atoms with Crippen molar-refractivity contribution in [2.24, 2.45) is 10.9 Å². The topological polar surface area (TPSA) is 83.4 Å². The summed E-state index contributed by atoms with van der Waals surface area (Å²) in [6, 6.07) is 7.73. The highest BCUT2D eigenvalue weighted by Gasteiger charge is 2.28. The zero-order valence-corrected chi connectivity index (χ0v) is 19.9. The minimum absolute atomic E-state index is 0. The Morgan fingerprint density at radius 2 is 2.21 bits per heavy atom. The van der Waals surface area contributed by atoms with Crippen LogP contribution in [0.15, 0.2) is 29.3 Å². The molecular formula is C21H34IN3O4. The number of likely N-dealkylation sites (tertiary alicyclic amines) is 1. The van der Waals surface area contributed by atoms with Gasteiger partial charge in [-0.15, -0.1) is 24.0 Å². The number of carbonyl (C=O) groups is 1. The Labute approximate surface area is 190 Å². The standard InChI is InChI=1S/C21H33N3O4.HI/c1-4-22-21(24-11-7-9-17(14-24)20(26)27-5-2)23-13-18(25)15-28-19-10-6-8-16(3)12-19;/h6,8,10,12,17-18,25H,4-5,7,9,11,13-15H2,1-3H3,(H,22,23);1H. The minimum Gasteiger partial charge on any atom is -0.491 e. The Morgan fingerprint density at radius 3 is 2.90 bits per heavy atom. The molecule has 1 heterocycles. The van der Waals surface area contributed by atoms with Gasteiger partial charge in [0.2, 0.25) is 0 Å². The molecule has 1 aliphatic rings. The number of benzene rings is 1. The van der Waals surface area contributed by atoms with E-state index in [4.69, 9.17) is 9.47 Å². The van der Waals surface area contributed by atoms with Gasteiger partial charge >= 0.3 is 5.97 Å². The SMILES string of the molecule is CCNC(=NCC(O)COc1cccc(C)c1)N1CCCC(C(=O)OCC)C1.I. The predicted octanol–water partition coefficient (Wildman–Crippen LogP) is 2.59. The largest absolute Gasteiger partial charge is 0.491 e. The molecule has 0 bridgehead atoms. The lowest BCUT2D eigenvalue weighted by Crippen LogP contribution is -2.48. The van der Waals surface area contributed by atoms with Gasteiger partial charge in [-0.05, 0) is 51.3 Å². The molecule has 1 aromatic carbocycles. The van der Waals surface area contributed by atoms with E-state index in [0.717, 1.165) is 37.2 Å². The van der Waals surface area contributed by atoms with E-state index in [1.807, 2.05) is 45.0 Å². The summed E-state index contributed by atoms with van der Waals surface area (Å²) in [5.74, 6) is 1.18. The van der Waals surface area contributed by atoms with Gasteiger partial charge in [-0.1, -0.05) is 12.1 Å². The van der Waals surface area contributed by atoms with Crippen molar-refractivity contribution in [3.8, 4) is 5.75 Å². The number of halogens is 1. The second-order valence-corrected chi connectivity index (χ2v) is 7.01. The van der Waals surface area contributed by atoms with Crippen molar-refractivity contribution in [3.05, 3.63) is 29.8 Å². The number of hydrogen-bond acceptors (Lipinski definition) is 5. The van der Waals surface area contributed by atoms with Crippen LogP contribution in [0.5, 0.6) is 5.75 Å². The number of aliphatic hydroxyl groups excluding tert-OH is 1. The number of carbonyl (C=O) groups excluding carboxylic acids is 1. The maximum Gasteiger partial charge on any atom is 0.310 e. The van der Waals surface area contributed by atoms with Gasteiger partial charge in [-0.25, -0.2) is 0 Å². The predicted molar refractivity (Wildman–Crippen MR) is 125 cm³/mol. The molecule has 0 spiro atoms. The highest BCUT2D eigenvalue weighted by molar-refractivity contribution is 14.0. The summed E-state index contributed by atoms with van der Waals surface area (Å²) in [7, 11) is 0. The molecule has 1 fully saturated rings. The van der Waals surface area contributed by atoms with Gasteiger partial charge in [0.15, 0.2) is 5.96 Å². The fraction of sp³-hybridized carbons (Fsp3) is 0.619. The van der Waals surface area contributed by atoms with Crippen LogP contribution >= 0.6 is 24.0 Å². The average Bonchev–Trinajstić information content (AvgIpc) is 2.70. The third kappa shape index (κ3) is 8.77. The van der Waals surface area contributed by atoms with Crippen LogP contribution in [0.4, 0.5) is 0 Å². The van der Waals surface area contributed by atoms with Gasteiger partial charge in [-0.2, -0.15) is 0 Å². The van der Waals surface area contributed by atoms with Crippen LogP contribution in [0, 0.1) is 12.8 Å². The minimum atomic E-state index is -0.709. The number of nitrogens with zero attached hydrogens (tertiary/aromatic N) is 2. The molecule has 0 amide bonds. The summed E-state index contributed by atoms with van der Waals surface area (Å²) in [5.41, 5.74) is 1.11. The Bertz CT molecular complexity index is 657. The number of aliphatic hydroxyl groups is 1. The van der Waals surface area contributed by atoms with Crippen LogP contribution in [0.2, 0.25) is 0 Å². The highest BCUT2D eigenvalue weighted by atomic mass is 127. The Morgan fingerprint density at radius 1 is 1.41 bits per heavy atom. The number of hydrogen-bond donors (Lipinski definition) is 2. The molecular weight excluding hydrogens is 485 g/mol. The second kappa shape index (κ2) is 13.6. The van der Waals surface area contributed by atoms with Gasteiger partial charge in [0.05, 0.1) is 19.1 Å². The van der Waals surface area contributed by atoms with Gasteiger partial charge in [0, 0.05) is 19.6 Å². The fourth-order valence-corrected chi connectivity index (χ4v) is 3.19.